The number of para-hydroxylation sites is 2. The molecule has 0 fully saturated rings. The number of hydrogen-bond acceptors (Lipinski definition) is 7. The number of hydrogen-bond donors (Lipinski definition) is 0. The number of rotatable bonds is 4. The zero-order valence-corrected chi connectivity index (χ0v) is 15.3. The summed E-state index contributed by atoms with van der Waals surface area (Å²) >= 11 is 0. The quantitative estimate of drug-likeness (QED) is 0.461. The SMILES string of the molecule is c1ccc(N(c2ccccc2)c2ccc(-c3cc4nnnnc4nn3)cc2)cc1. The number of aromatic nitrogens is 6. The summed E-state index contributed by atoms with van der Waals surface area (Å²) in [6.07, 6.45) is 0. The third kappa shape index (κ3) is 3.37. The first-order chi connectivity index (χ1) is 14.4. The Balaban J connectivity index is 1.54. The van der Waals surface area contributed by atoms with Gasteiger partial charge in [-0.15, -0.1) is 20.4 Å². The molecule has 7 nitrogen and oxygen atoms in total. The van der Waals surface area contributed by atoms with E-state index in [4.69, 9.17) is 0 Å². The maximum absolute atomic E-state index is 4.23. The first-order valence-electron chi connectivity index (χ1n) is 9.09. The van der Waals surface area contributed by atoms with Crippen LogP contribution < -0.4 is 4.90 Å². The number of nitrogens with zero attached hydrogens (tertiary/aromatic N) is 7. The average molecular weight is 377 g/mol. The van der Waals surface area contributed by atoms with Crippen LogP contribution in [0.5, 0.6) is 0 Å². The molecule has 2 aromatic heterocycles. The van der Waals surface area contributed by atoms with E-state index in [1.807, 2.05) is 54.6 Å². The highest BCUT2D eigenvalue weighted by Gasteiger charge is 2.12. The molecule has 5 rings (SSSR count). The lowest BCUT2D eigenvalue weighted by atomic mass is 10.1. The van der Waals surface area contributed by atoms with E-state index in [1.165, 1.54) is 0 Å². The van der Waals surface area contributed by atoms with E-state index in [0.717, 1.165) is 22.6 Å². The van der Waals surface area contributed by atoms with Gasteiger partial charge in [-0.2, -0.15) is 0 Å². The second-order valence-corrected chi connectivity index (χ2v) is 6.37. The third-order valence-corrected chi connectivity index (χ3v) is 4.54. The molecule has 0 saturated carbocycles. The molecule has 0 amide bonds. The standard InChI is InChI=1S/C22H15N7/c1-3-7-17(8-4-1)29(18-9-5-2-6-10-18)19-13-11-16(12-14-19)20-15-21-22(25-23-20)26-28-27-24-21/h1-15H. The van der Waals surface area contributed by atoms with E-state index in [1.54, 1.807) is 0 Å². The monoisotopic (exact) mass is 377 g/mol. The van der Waals surface area contributed by atoms with Gasteiger partial charge in [0, 0.05) is 22.6 Å². The van der Waals surface area contributed by atoms with E-state index in [0.29, 0.717) is 16.9 Å². The topological polar surface area (TPSA) is 80.6 Å². The molecule has 0 atom stereocenters. The van der Waals surface area contributed by atoms with Crippen LogP contribution in [0.15, 0.2) is 91.0 Å². The van der Waals surface area contributed by atoms with Crippen molar-refractivity contribution >= 4 is 28.2 Å². The fourth-order valence-corrected chi connectivity index (χ4v) is 3.17. The molecule has 7 heteroatoms. The lowest BCUT2D eigenvalue weighted by Gasteiger charge is -2.25. The number of anilines is 3. The van der Waals surface area contributed by atoms with E-state index in [2.05, 4.69) is 72.1 Å². The van der Waals surface area contributed by atoms with E-state index < -0.39 is 0 Å². The maximum atomic E-state index is 4.23. The van der Waals surface area contributed by atoms with Gasteiger partial charge >= 0.3 is 0 Å². The summed E-state index contributed by atoms with van der Waals surface area (Å²) in [5.74, 6) is 0. The molecule has 5 aromatic rings. The summed E-state index contributed by atoms with van der Waals surface area (Å²) in [7, 11) is 0. The fourth-order valence-electron chi connectivity index (χ4n) is 3.17. The molecule has 0 aliphatic heterocycles. The number of fused-ring (bicyclic) bond motifs is 1. The Kier molecular flexibility index (Phi) is 4.31. The largest absolute Gasteiger partial charge is 0.311 e. The zero-order chi connectivity index (χ0) is 19.5. The summed E-state index contributed by atoms with van der Waals surface area (Å²) in [4.78, 5) is 2.21. The minimum absolute atomic E-state index is 0.375. The first-order valence-corrected chi connectivity index (χ1v) is 9.09. The summed E-state index contributed by atoms with van der Waals surface area (Å²) in [6.45, 7) is 0. The van der Waals surface area contributed by atoms with Crippen molar-refractivity contribution in [2.75, 3.05) is 4.90 Å². The van der Waals surface area contributed by atoms with Gasteiger partial charge in [0.25, 0.3) is 0 Å². The lowest BCUT2D eigenvalue weighted by Crippen LogP contribution is -2.09. The van der Waals surface area contributed by atoms with E-state index in [-0.39, 0.29) is 0 Å². The highest BCUT2D eigenvalue weighted by Crippen LogP contribution is 2.34. The maximum Gasteiger partial charge on any atom is 0.225 e. The molecule has 2 heterocycles. The minimum Gasteiger partial charge on any atom is -0.311 e. The molecule has 0 unspecified atom stereocenters. The second kappa shape index (κ2) is 7.40. The molecule has 0 bridgehead atoms. The van der Waals surface area contributed by atoms with Crippen LogP contribution in [-0.4, -0.2) is 30.8 Å². The van der Waals surface area contributed by atoms with Crippen LogP contribution in [0.2, 0.25) is 0 Å². The van der Waals surface area contributed by atoms with Crippen molar-refractivity contribution < 1.29 is 0 Å². The molecule has 0 radical (unpaired) electrons. The second-order valence-electron chi connectivity index (χ2n) is 6.37. The van der Waals surface area contributed by atoms with Crippen molar-refractivity contribution in [1.82, 2.24) is 30.8 Å². The molecular formula is C22H15N7. The van der Waals surface area contributed by atoms with Gasteiger partial charge in [-0.25, -0.2) is 0 Å². The smallest absolute Gasteiger partial charge is 0.225 e. The van der Waals surface area contributed by atoms with Crippen LogP contribution in [0, 0.1) is 0 Å². The van der Waals surface area contributed by atoms with Gasteiger partial charge in [-0.05, 0) is 52.9 Å². The van der Waals surface area contributed by atoms with Crippen LogP contribution in [-0.2, 0) is 0 Å². The highest BCUT2D eigenvalue weighted by molar-refractivity contribution is 5.79. The Labute approximate surface area is 166 Å². The molecule has 3 aromatic carbocycles. The van der Waals surface area contributed by atoms with Gasteiger partial charge in [-0.1, -0.05) is 48.5 Å². The molecule has 29 heavy (non-hydrogen) atoms. The normalized spacial score (nSPS) is 10.8. The summed E-state index contributed by atoms with van der Waals surface area (Å²) in [5, 5.41) is 23.1. The van der Waals surface area contributed by atoms with Crippen LogP contribution in [0.3, 0.4) is 0 Å². The first kappa shape index (κ1) is 16.9. The van der Waals surface area contributed by atoms with Gasteiger partial charge in [0.2, 0.25) is 5.65 Å². The summed E-state index contributed by atoms with van der Waals surface area (Å²) in [5.41, 5.74) is 5.80. The fraction of sp³-hybridized carbons (Fsp3) is 0. The molecule has 0 aliphatic rings. The Morgan fingerprint density at radius 3 is 1.76 bits per heavy atom. The van der Waals surface area contributed by atoms with Crippen molar-refractivity contribution in [3.63, 3.8) is 0 Å². The van der Waals surface area contributed by atoms with Gasteiger partial charge in [0.1, 0.15) is 5.52 Å². The Morgan fingerprint density at radius 2 is 1.10 bits per heavy atom. The van der Waals surface area contributed by atoms with Gasteiger partial charge in [-0.3, -0.25) is 0 Å². The molecule has 0 spiro atoms. The Hall–Kier alpha value is -4.26. The van der Waals surface area contributed by atoms with Crippen LogP contribution in [0.25, 0.3) is 22.4 Å². The lowest BCUT2D eigenvalue weighted by molar-refractivity contribution is 0.783. The van der Waals surface area contributed by atoms with Crippen LogP contribution in [0.4, 0.5) is 17.1 Å². The minimum atomic E-state index is 0.375. The molecule has 0 N–H and O–H groups in total. The Bertz CT molecular complexity index is 1200. The van der Waals surface area contributed by atoms with Gasteiger partial charge in [0.05, 0.1) is 5.69 Å². The van der Waals surface area contributed by atoms with E-state index >= 15 is 0 Å². The van der Waals surface area contributed by atoms with Crippen LogP contribution >= 0.6 is 0 Å². The zero-order valence-electron chi connectivity index (χ0n) is 15.3. The highest BCUT2D eigenvalue weighted by atomic mass is 15.4. The van der Waals surface area contributed by atoms with Gasteiger partial charge in [0.15, 0.2) is 0 Å². The predicted octanol–water partition coefficient (Wildman–Crippen LogP) is 4.35. The van der Waals surface area contributed by atoms with Gasteiger partial charge < -0.3 is 4.90 Å². The molecule has 0 saturated heterocycles. The van der Waals surface area contributed by atoms with Crippen LogP contribution in [0.1, 0.15) is 0 Å². The molecular weight excluding hydrogens is 362 g/mol. The third-order valence-electron chi connectivity index (χ3n) is 4.54. The molecule has 138 valence electrons. The average Bonchev–Trinajstić information content (AvgIpc) is 2.81. The summed E-state index contributed by atoms with van der Waals surface area (Å²) in [6, 6.07) is 30.5. The van der Waals surface area contributed by atoms with Crippen molar-refractivity contribution in [1.29, 1.82) is 0 Å². The summed E-state index contributed by atoms with van der Waals surface area (Å²) < 4.78 is 0. The number of benzene rings is 3. The van der Waals surface area contributed by atoms with Crippen molar-refractivity contribution in [2.24, 2.45) is 0 Å². The van der Waals surface area contributed by atoms with Crippen molar-refractivity contribution in [3.8, 4) is 11.3 Å². The predicted molar refractivity (Wildman–Crippen MR) is 111 cm³/mol. The van der Waals surface area contributed by atoms with E-state index in [9.17, 15) is 0 Å². The van der Waals surface area contributed by atoms with Crippen molar-refractivity contribution in [2.45, 2.75) is 0 Å². The molecule has 0 aliphatic carbocycles. The van der Waals surface area contributed by atoms with Crippen molar-refractivity contribution in [3.05, 3.63) is 91.0 Å². The Morgan fingerprint density at radius 1 is 0.517 bits per heavy atom.